The first-order valence-corrected chi connectivity index (χ1v) is 3.53. The van der Waals surface area contributed by atoms with Crippen LogP contribution in [0.3, 0.4) is 0 Å². The highest BCUT2D eigenvalue weighted by molar-refractivity contribution is 5.85. The van der Waals surface area contributed by atoms with E-state index in [4.69, 9.17) is 4.11 Å². The highest BCUT2D eigenvalue weighted by Crippen LogP contribution is 2.17. The number of nitrogens with one attached hydrogen (secondary N) is 1. The summed E-state index contributed by atoms with van der Waals surface area (Å²) in [5, 5.41) is 6.41. The van der Waals surface area contributed by atoms with Gasteiger partial charge in [-0.3, -0.25) is 9.67 Å². The predicted molar refractivity (Wildman–Crippen MR) is 48.1 cm³/mol. The zero-order chi connectivity index (χ0) is 11.1. The molecule has 62 valence electrons. The van der Waals surface area contributed by atoms with Gasteiger partial charge in [-0.25, -0.2) is 0 Å². The average molecular weight is 165 g/mol. The fraction of sp³-hybridized carbons (Fsp3) is 0.250. The highest BCUT2D eigenvalue weighted by Gasteiger charge is 2.05. The Kier molecular flexibility index (Phi) is 0.918. The van der Waals surface area contributed by atoms with Crippen LogP contribution >= 0.6 is 0 Å². The summed E-state index contributed by atoms with van der Waals surface area (Å²) < 4.78 is 22.9. The lowest BCUT2D eigenvalue weighted by Crippen LogP contribution is -1.92. The van der Waals surface area contributed by atoms with Gasteiger partial charge in [-0.05, 0) is 12.1 Å². The van der Waals surface area contributed by atoms with Gasteiger partial charge >= 0.3 is 0 Å². The Balaban J connectivity index is 2.53. The molecule has 1 N–H and O–H groups in total. The van der Waals surface area contributed by atoms with Crippen LogP contribution in [0.2, 0.25) is 0 Å². The van der Waals surface area contributed by atoms with Gasteiger partial charge in [0.1, 0.15) is 5.52 Å². The monoisotopic (exact) mass is 165 g/mol. The molecule has 0 saturated heterocycles. The van der Waals surface area contributed by atoms with E-state index >= 15 is 0 Å². The largest absolute Gasteiger partial charge is 0.370 e. The minimum absolute atomic E-state index is 0.285. The molecule has 0 fully saturated rings. The number of hydrogen-bond donors (Lipinski definition) is 1. The van der Waals surface area contributed by atoms with E-state index in [1.54, 1.807) is 24.0 Å². The number of pyridine rings is 1. The maximum Gasteiger partial charge on any atom is 0.174 e. The molecule has 0 aliphatic carbocycles. The molecule has 0 unspecified atom stereocenters. The maximum absolute atomic E-state index is 7.10. The van der Waals surface area contributed by atoms with Crippen LogP contribution in [0.1, 0.15) is 4.11 Å². The van der Waals surface area contributed by atoms with E-state index in [1.165, 1.54) is 0 Å². The molecule has 0 aromatic carbocycles. The second-order valence-corrected chi connectivity index (χ2v) is 2.47. The van der Waals surface area contributed by atoms with Crippen LogP contribution in [0.15, 0.2) is 18.3 Å². The van der Waals surface area contributed by atoms with Crippen molar-refractivity contribution >= 4 is 16.9 Å². The third kappa shape index (κ3) is 0.845. The molecule has 4 nitrogen and oxygen atoms in total. The van der Waals surface area contributed by atoms with Gasteiger partial charge in [0.2, 0.25) is 0 Å². The average Bonchev–Trinajstić information content (AvgIpc) is 2.42. The zero-order valence-corrected chi connectivity index (χ0v) is 6.57. The summed E-state index contributed by atoms with van der Waals surface area (Å²) in [5.41, 5.74) is 1.36. The summed E-state index contributed by atoms with van der Waals surface area (Å²) in [7, 11) is 1.74. The van der Waals surface area contributed by atoms with Crippen molar-refractivity contribution in [3.05, 3.63) is 18.3 Å². The quantitative estimate of drug-likeness (QED) is 0.685. The van der Waals surface area contributed by atoms with E-state index in [-0.39, 0.29) is 5.82 Å². The normalized spacial score (nSPS) is 15.2. The van der Waals surface area contributed by atoms with Crippen LogP contribution in [-0.4, -0.2) is 21.7 Å². The number of hydrogen-bond acceptors (Lipinski definition) is 3. The summed E-state index contributed by atoms with van der Waals surface area (Å²) in [5.74, 6) is 0.285. The van der Waals surface area contributed by atoms with Crippen molar-refractivity contribution in [2.45, 2.75) is 0 Å². The minimum Gasteiger partial charge on any atom is -0.370 e. The maximum atomic E-state index is 7.10. The van der Waals surface area contributed by atoms with Crippen molar-refractivity contribution in [3.8, 4) is 0 Å². The van der Waals surface area contributed by atoms with Gasteiger partial charge in [-0.15, -0.1) is 0 Å². The number of aryl methyl sites for hydroxylation is 1. The molecule has 0 saturated carbocycles. The topological polar surface area (TPSA) is 42.7 Å². The van der Waals surface area contributed by atoms with Crippen molar-refractivity contribution in [2.75, 3.05) is 12.3 Å². The molecule has 0 radical (unpaired) electrons. The van der Waals surface area contributed by atoms with Gasteiger partial charge in [-0.2, -0.15) is 5.10 Å². The van der Waals surface area contributed by atoms with Crippen LogP contribution < -0.4 is 5.32 Å². The Morgan fingerprint density at radius 1 is 1.67 bits per heavy atom. The summed E-state index contributed by atoms with van der Waals surface area (Å²) in [4.78, 5) is 4.09. The first-order valence-electron chi connectivity index (χ1n) is 5.03. The Morgan fingerprint density at radius 3 is 3.42 bits per heavy atom. The molecule has 0 spiro atoms. The summed E-state index contributed by atoms with van der Waals surface area (Å²) in [6.45, 7) is -2.25. The number of nitrogens with zero attached hydrogens (tertiary/aromatic N) is 3. The first-order chi connectivity index (χ1) is 6.97. The molecule has 2 aromatic heterocycles. The van der Waals surface area contributed by atoms with Gasteiger partial charge in [0.15, 0.2) is 5.82 Å². The highest BCUT2D eigenvalue weighted by atomic mass is 15.3. The lowest BCUT2D eigenvalue weighted by Gasteiger charge is -1.90. The lowest BCUT2D eigenvalue weighted by atomic mass is 10.4. The molecule has 0 amide bonds. The van der Waals surface area contributed by atoms with E-state index in [1.807, 2.05) is 6.07 Å². The van der Waals surface area contributed by atoms with Gasteiger partial charge < -0.3 is 5.32 Å². The summed E-state index contributed by atoms with van der Waals surface area (Å²) in [6.07, 6.45) is 1.61. The Hall–Kier alpha value is -1.58. The van der Waals surface area contributed by atoms with E-state index in [2.05, 4.69) is 15.4 Å². The van der Waals surface area contributed by atoms with Gasteiger partial charge in [-0.1, -0.05) is 0 Å². The third-order valence-electron chi connectivity index (χ3n) is 1.73. The first kappa shape index (κ1) is 4.45. The van der Waals surface area contributed by atoms with Crippen LogP contribution in [0.25, 0.3) is 11.0 Å². The van der Waals surface area contributed by atoms with Gasteiger partial charge in [0.05, 0.1) is 5.52 Å². The molecular weight excluding hydrogens is 152 g/mol. The number of rotatable bonds is 1. The molecule has 4 heteroatoms. The Labute approximate surface area is 74.4 Å². The van der Waals surface area contributed by atoms with Crippen LogP contribution in [0.5, 0.6) is 0 Å². The van der Waals surface area contributed by atoms with Crippen LogP contribution in [0, 0.1) is 0 Å². The number of fused-ring (bicyclic) bond motifs is 1. The standard InChI is InChI=1S/C8H10N4/c1-9-8-7-6(12(2)11-8)4-3-5-10-7/h3-5H,1-2H3,(H,9,11)/i1D3. The summed E-state index contributed by atoms with van der Waals surface area (Å²) in [6, 6.07) is 3.61. The number of aromatic nitrogens is 3. The smallest absolute Gasteiger partial charge is 0.174 e. The minimum atomic E-state index is -2.25. The second-order valence-electron chi connectivity index (χ2n) is 2.47. The SMILES string of the molecule is [2H]C([2H])([2H])Nc1nn(C)c2cccnc12. The van der Waals surface area contributed by atoms with E-state index in [0.717, 1.165) is 5.52 Å². The van der Waals surface area contributed by atoms with Crippen molar-refractivity contribution in [1.29, 1.82) is 0 Å². The van der Waals surface area contributed by atoms with Crippen molar-refractivity contribution in [3.63, 3.8) is 0 Å². The zero-order valence-electron chi connectivity index (χ0n) is 9.57. The molecule has 0 aliphatic heterocycles. The fourth-order valence-corrected chi connectivity index (χ4v) is 1.18. The van der Waals surface area contributed by atoms with Crippen LogP contribution in [0.4, 0.5) is 5.82 Å². The Bertz CT molecular complexity index is 488. The van der Waals surface area contributed by atoms with Crippen molar-refractivity contribution in [2.24, 2.45) is 7.05 Å². The molecule has 0 atom stereocenters. The second kappa shape index (κ2) is 2.48. The third-order valence-corrected chi connectivity index (χ3v) is 1.73. The number of anilines is 1. The van der Waals surface area contributed by atoms with E-state index in [9.17, 15) is 0 Å². The van der Waals surface area contributed by atoms with Crippen LogP contribution in [-0.2, 0) is 7.05 Å². The molecule has 12 heavy (non-hydrogen) atoms. The van der Waals surface area contributed by atoms with Crippen molar-refractivity contribution < 1.29 is 4.11 Å². The predicted octanol–water partition coefficient (Wildman–Crippen LogP) is 1.01. The van der Waals surface area contributed by atoms with Gasteiger partial charge in [0.25, 0.3) is 0 Å². The Morgan fingerprint density at radius 2 is 2.58 bits per heavy atom. The summed E-state index contributed by atoms with van der Waals surface area (Å²) >= 11 is 0. The molecule has 2 heterocycles. The molecular formula is C8H10N4. The van der Waals surface area contributed by atoms with E-state index in [0.29, 0.717) is 5.52 Å². The van der Waals surface area contributed by atoms with Gasteiger partial charge in [0, 0.05) is 24.3 Å². The molecule has 2 rings (SSSR count). The molecule has 0 aliphatic rings. The molecule has 0 bridgehead atoms. The van der Waals surface area contributed by atoms with Crippen molar-refractivity contribution in [1.82, 2.24) is 14.8 Å². The molecule has 2 aromatic rings. The lowest BCUT2D eigenvalue weighted by molar-refractivity contribution is 0.800. The fourth-order valence-electron chi connectivity index (χ4n) is 1.18. The van der Waals surface area contributed by atoms with E-state index < -0.39 is 6.98 Å².